The predicted molar refractivity (Wildman–Crippen MR) is 84.6 cm³/mol. The normalized spacial score (nSPS) is 10.7. The van der Waals surface area contributed by atoms with Gasteiger partial charge >= 0.3 is 5.97 Å². The van der Waals surface area contributed by atoms with Crippen molar-refractivity contribution in [3.8, 4) is 0 Å². The second-order valence-electron chi connectivity index (χ2n) is 4.93. The first-order valence-corrected chi connectivity index (χ1v) is 7.40. The molecular formula is C14H18ClN5O3. The lowest BCUT2D eigenvalue weighted by Gasteiger charge is -2.06. The van der Waals surface area contributed by atoms with Gasteiger partial charge in [-0.25, -0.2) is 4.79 Å². The van der Waals surface area contributed by atoms with Crippen LogP contribution in [-0.2, 0) is 22.6 Å². The Kier molecular flexibility index (Phi) is 5.05. The zero-order valence-electron chi connectivity index (χ0n) is 13.4. The molecule has 2 rings (SSSR count). The predicted octanol–water partition coefficient (Wildman–Crippen LogP) is 1.80. The largest absolute Gasteiger partial charge is 0.464 e. The summed E-state index contributed by atoms with van der Waals surface area (Å²) < 4.78 is 7.72. The molecule has 0 aliphatic rings. The van der Waals surface area contributed by atoms with E-state index in [1.54, 1.807) is 24.7 Å². The van der Waals surface area contributed by atoms with Crippen LogP contribution in [0.25, 0.3) is 0 Å². The topological polar surface area (TPSA) is 91.0 Å². The molecule has 1 N–H and O–H groups in total. The van der Waals surface area contributed by atoms with E-state index in [2.05, 4.69) is 20.3 Å². The van der Waals surface area contributed by atoms with Gasteiger partial charge in [0.15, 0.2) is 5.69 Å². The van der Waals surface area contributed by atoms with E-state index in [9.17, 15) is 9.59 Å². The van der Waals surface area contributed by atoms with Crippen molar-refractivity contribution in [2.24, 2.45) is 0 Å². The second kappa shape index (κ2) is 6.82. The van der Waals surface area contributed by atoms with Gasteiger partial charge in [0.25, 0.3) is 0 Å². The lowest BCUT2D eigenvalue weighted by Crippen LogP contribution is -2.21. The number of nitrogens with zero attached hydrogens (tertiary/aromatic N) is 4. The Morgan fingerprint density at radius 1 is 1.35 bits per heavy atom. The fourth-order valence-electron chi connectivity index (χ4n) is 2.08. The molecule has 0 bridgehead atoms. The van der Waals surface area contributed by atoms with Gasteiger partial charge in [0.05, 0.1) is 29.2 Å². The number of carbonyl (C=O) groups excluding carboxylic acids is 2. The summed E-state index contributed by atoms with van der Waals surface area (Å²) in [7, 11) is 1.26. The number of hydrogen-bond donors (Lipinski definition) is 1. The maximum atomic E-state index is 12.2. The van der Waals surface area contributed by atoms with Gasteiger partial charge in [-0.3, -0.25) is 14.2 Å². The Morgan fingerprint density at radius 2 is 2.04 bits per heavy atom. The highest BCUT2D eigenvalue weighted by atomic mass is 35.5. The number of halogens is 1. The van der Waals surface area contributed by atoms with Gasteiger partial charge in [0.2, 0.25) is 5.91 Å². The lowest BCUT2D eigenvalue weighted by molar-refractivity contribution is -0.116. The zero-order valence-corrected chi connectivity index (χ0v) is 14.1. The molecule has 23 heavy (non-hydrogen) atoms. The standard InChI is InChI=1S/C14H18ClN5O3/c1-5-19-6-10(13(18-19)14(22)23-4)16-11(21)7-20-9(3)12(15)8(2)17-20/h6H,5,7H2,1-4H3,(H,16,21). The van der Waals surface area contributed by atoms with E-state index in [1.165, 1.54) is 11.8 Å². The minimum Gasteiger partial charge on any atom is -0.464 e. The van der Waals surface area contributed by atoms with Gasteiger partial charge in [0.1, 0.15) is 6.54 Å². The van der Waals surface area contributed by atoms with Crippen molar-refractivity contribution in [2.75, 3.05) is 12.4 Å². The Labute approximate surface area is 138 Å². The number of rotatable bonds is 5. The number of esters is 1. The van der Waals surface area contributed by atoms with E-state index in [0.29, 0.717) is 28.6 Å². The Morgan fingerprint density at radius 3 is 2.57 bits per heavy atom. The minimum absolute atomic E-state index is 0.0166. The first-order chi connectivity index (χ1) is 10.9. The number of hydrogen-bond acceptors (Lipinski definition) is 5. The Balaban J connectivity index is 2.18. The number of aryl methyl sites for hydroxylation is 2. The van der Waals surface area contributed by atoms with Crippen molar-refractivity contribution >= 4 is 29.2 Å². The lowest BCUT2D eigenvalue weighted by atomic mass is 10.3. The monoisotopic (exact) mass is 339 g/mol. The van der Waals surface area contributed by atoms with Crippen molar-refractivity contribution in [3.05, 3.63) is 28.3 Å². The maximum absolute atomic E-state index is 12.2. The van der Waals surface area contributed by atoms with E-state index in [0.717, 1.165) is 0 Å². The van der Waals surface area contributed by atoms with Gasteiger partial charge in [-0.05, 0) is 20.8 Å². The van der Waals surface area contributed by atoms with Crippen LogP contribution < -0.4 is 5.32 Å². The SMILES string of the molecule is CCn1cc(NC(=O)Cn2nc(C)c(Cl)c2C)c(C(=O)OC)n1. The molecule has 0 atom stereocenters. The van der Waals surface area contributed by atoms with E-state index in [-0.39, 0.29) is 18.1 Å². The van der Waals surface area contributed by atoms with Crippen molar-refractivity contribution in [2.45, 2.75) is 33.9 Å². The number of anilines is 1. The summed E-state index contributed by atoms with van der Waals surface area (Å²) >= 11 is 6.06. The average molecular weight is 340 g/mol. The molecule has 0 radical (unpaired) electrons. The molecule has 0 unspecified atom stereocenters. The molecular weight excluding hydrogens is 322 g/mol. The summed E-state index contributed by atoms with van der Waals surface area (Å²) in [4.78, 5) is 23.9. The van der Waals surface area contributed by atoms with Crippen LogP contribution in [-0.4, -0.2) is 38.5 Å². The van der Waals surface area contributed by atoms with Crippen molar-refractivity contribution < 1.29 is 14.3 Å². The number of aromatic nitrogens is 4. The van der Waals surface area contributed by atoms with Crippen molar-refractivity contribution in [1.29, 1.82) is 0 Å². The first-order valence-electron chi connectivity index (χ1n) is 7.02. The van der Waals surface area contributed by atoms with Crippen molar-refractivity contribution in [1.82, 2.24) is 19.6 Å². The number of methoxy groups -OCH3 is 1. The molecule has 0 aliphatic heterocycles. The molecule has 2 aromatic rings. The summed E-state index contributed by atoms with van der Waals surface area (Å²) in [6.45, 7) is 5.97. The van der Waals surface area contributed by atoms with E-state index < -0.39 is 5.97 Å². The fourth-order valence-corrected chi connectivity index (χ4v) is 2.21. The molecule has 0 aliphatic carbocycles. The van der Waals surface area contributed by atoms with Crippen LogP contribution in [0.5, 0.6) is 0 Å². The maximum Gasteiger partial charge on any atom is 0.360 e. The molecule has 0 saturated heterocycles. The van der Waals surface area contributed by atoms with E-state index >= 15 is 0 Å². The summed E-state index contributed by atoms with van der Waals surface area (Å²) in [5.74, 6) is -0.949. The smallest absolute Gasteiger partial charge is 0.360 e. The van der Waals surface area contributed by atoms with Crippen LogP contribution in [0, 0.1) is 13.8 Å². The molecule has 2 heterocycles. The average Bonchev–Trinajstić information content (AvgIpc) is 3.03. The summed E-state index contributed by atoms with van der Waals surface area (Å²) in [5, 5.41) is 11.5. The number of amides is 1. The molecule has 124 valence electrons. The molecule has 0 spiro atoms. The number of ether oxygens (including phenoxy) is 1. The zero-order chi connectivity index (χ0) is 17.1. The van der Waals surface area contributed by atoms with Gasteiger partial charge in [-0.1, -0.05) is 11.6 Å². The van der Waals surface area contributed by atoms with Gasteiger partial charge in [-0.2, -0.15) is 10.2 Å². The minimum atomic E-state index is -0.610. The Bertz CT molecular complexity index is 750. The number of carbonyl (C=O) groups is 2. The molecule has 0 aromatic carbocycles. The second-order valence-corrected chi connectivity index (χ2v) is 5.31. The van der Waals surface area contributed by atoms with Crippen LogP contribution in [0.3, 0.4) is 0 Å². The third kappa shape index (κ3) is 3.53. The third-order valence-electron chi connectivity index (χ3n) is 3.33. The summed E-state index contributed by atoms with van der Waals surface area (Å²) in [5.41, 5.74) is 1.73. The van der Waals surface area contributed by atoms with Crippen LogP contribution >= 0.6 is 11.6 Å². The van der Waals surface area contributed by atoms with Crippen molar-refractivity contribution in [3.63, 3.8) is 0 Å². The third-order valence-corrected chi connectivity index (χ3v) is 3.87. The van der Waals surface area contributed by atoms with Crippen LogP contribution in [0.1, 0.15) is 28.8 Å². The summed E-state index contributed by atoms with van der Waals surface area (Å²) in [6, 6.07) is 0. The molecule has 0 saturated carbocycles. The van der Waals surface area contributed by atoms with Gasteiger partial charge in [0, 0.05) is 12.7 Å². The number of nitrogens with one attached hydrogen (secondary N) is 1. The molecule has 1 amide bonds. The molecule has 0 fully saturated rings. The van der Waals surface area contributed by atoms with Gasteiger partial charge in [-0.15, -0.1) is 0 Å². The van der Waals surface area contributed by atoms with E-state index in [1.807, 2.05) is 6.92 Å². The summed E-state index contributed by atoms with van der Waals surface area (Å²) in [6.07, 6.45) is 1.58. The first kappa shape index (κ1) is 17.0. The molecule has 8 nitrogen and oxygen atoms in total. The highest BCUT2D eigenvalue weighted by Gasteiger charge is 2.20. The Hall–Kier alpha value is -2.35. The quantitative estimate of drug-likeness (QED) is 0.839. The van der Waals surface area contributed by atoms with Gasteiger partial charge < -0.3 is 10.1 Å². The highest BCUT2D eigenvalue weighted by molar-refractivity contribution is 6.31. The fraction of sp³-hybridized carbons (Fsp3) is 0.429. The van der Waals surface area contributed by atoms with Crippen LogP contribution in [0.2, 0.25) is 5.02 Å². The molecule has 2 aromatic heterocycles. The van der Waals surface area contributed by atoms with E-state index in [4.69, 9.17) is 11.6 Å². The molecule has 9 heteroatoms. The van der Waals surface area contributed by atoms with Crippen LogP contribution in [0.15, 0.2) is 6.20 Å². The highest BCUT2D eigenvalue weighted by Crippen LogP contribution is 2.19. The van der Waals surface area contributed by atoms with Crippen LogP contribution in [0.4, 0.5) is 5.69 Å².